The van der Waals surface area contributed by atoms with Gasteiger partial charge >= 0.3 is 0 Å². The molecule has 12 heavy (non-hydrogen) atoms. The Labute approximate surface area is 79.8 Å². The Morgan fingerprint density at radius 1 is 1.42 bits per heavy atom. The quantitative estimate of drug-likeness (QED) is 0.628. The Morgan fingerprint density at radius 2 is 2.08 bits per heavy atom. The standard InChI is InChI=1S/C9H18ClNO/c1-2-11-6-3-9(4-7-11)12-8-5-10/h9H,2-8H2,1H3. The lowest BCUT2D eigenvalue weighted by molar-refractivity contribution is 0.0164. The maximum absolute atomic E-state index is 5.57. The summed E-state index contributed by atoms with van der Waals surface area (Å²) in [5.74, 6) is 0.619. The maximum atomic E-state index is 5.57. The number of likely N-dealkylation sites (tertiary alicyclic amines) is 1. The molecule has 1 fully saturated rings. The summed E-state index contributed by atoms with van der Waals surface area (Å²) in [5, 5.41) is 0. The van der Waals surface area contributed by atoms with Crippen molar-refractivity contribution in [1.29, 1.82) is 0 Å². The molecule has 3 heteroatoms. The summed E-state index contributed by atoms with van der Waals surface area (Å²) in [6.07, 6.45) is 2.81. The zero-order valence-electron chi connectivity index (χ0n) is 7.76. The van der Waals surface area contributed by atoms with Crippen LogP contribution < -0.4 is 0 Å². The second-order valence-corrected chi connectivity index (χ2v) is 3.57. The zero-order chi connectivity index (χ0) is 8.81. The number of rotatable bonds is 4. The second kappa shape index (κ2) is 5.79. The minimum absolute atomic E-state index is 0.464. The zero-order valence-corrected chi connectivity index (χ0v) is 8.52. The molecule has 0 aromatic rings. The van der Waals surface area contributed by atoms with Crippen LogP contribution in [0.3, 0.4) is 0 Å². The molecule has 0 radical (unpaired) electrons. The number of nitrogens with zero attached hydrogens (tertiary/aromatic N) is 1. The first-order valence-corrected chi connectivity index (χ1v) is 5.30. The van der Waals surface area contributed by atoms with E-state index in [0.29, 0.717) is 18.6 Å². The summed E-state index contributed by atoms with van der Waals surface area (Å²) in [5.41, 5.74) is 0. The molecule has 0 aromatic heterocycles. The van der Waals surface area contributed by atoms with Crippen LogP contribution in [-0.2, 0) is 4.74 Å². The molecule has 0 N–H and O–H groups in total. The fourth-order valence-corrected chi connectivity index (χ4v) is 1.69. The van der Waals surface area contributed by atoms with E-state index in [1.165, 1.54) is 32.5 Å². The van der Waals surface area contributed by atoms with Gasteiger partial charge in [-0.2, -0.15) is 0 Å². The minimum Gasteiger partial charge on any atom is -0.377 e. The van der Waals surface area contributed by atoms with Gasteiger partial charge in [-0.3, -0.25) is 0 Å². The van der Waals surface area contributed by atoms with Crippen molar-refractivity contribution in [1.82, 2.24) is 4.90 Å². The van der Waals surface area contributed by atoms with Gasteiger partial charge in [-0.05, 0) is 19.4 Å². The van der Waals surface area contributed by atoms with E-state index >= 15 is 0 Å². The van der Waals surface area contributed by atoms with Crippen molar-refractivity contribution >= 4 is 11.6 Å². The molecule has 0 aliphatic carbocycles. The molecule has 0 atom stereocenters. The van der Waals surface area contributed by atoms with Crippen LogP contribution in [0.1, 0.15) is 19.8 Å². The van der Waals surface area contributed by atoms with Crippen LogP contribution in [0.4, 0.5) is 0 Å². The van der Waals surface area contributed by atoms with E-state index in [1.54, 1.807) is 0 Å². The van der Waals surface area contributed by atoms with E-state index in [0.717, 1.165) is 0 Å². The van der Waals surface area contributed by atoms with Crippen LogP contribution in [0.15, 0.2) is 0 Å². The van der Waals surface area contributed by atoms with E-state index in [9.17, 15) is 0 Å². The lowest BCUT2D eigenvalue weighted by atomic mass is 10.1. The first-order chi connectivity index (χ1) is 5.86. The minimum atomic E-state index is 0.464. The third-order valence-corrected chi connectivity index (χ3v) is 2.57. The van der Waals surface area contributed by atoms with Gasteiger partial charge in [0.2, 0.25) is 0 Å². The molecule has 1 saturated heterocycles. The van der Waals surface area contributed by atoms with Crippen molar-refractivity contribution in [2.45, 2.75) is 25.9 Å². The van der Waals surface area contributed by atoms with Gasteiger partial charge in [0, 0.05) is 19.0 Å². The second-order valence-electron chi connectivity index (χ2n) is 3.19. The Morgan fingerprint density at radius 3 is 2.58 bits per heavy atom. The maximum Gasteiger partial charge on any atom is 0.0605 e. The number of ether oxygens (including phenoxy) is 1. The van der Waals surface area contributed by atoms with Gasteiger partial charge < -0.3 is 9.64 Å². The first kappa shape index (κ1) is 10.3. The molecule has 0 saturated carbocycles. The van der Waals surface area contributed by atoms with Gasteiger partial charge in [-0.15, -0.1) is 11.6 Å². The third kappa shape index (κ3) is 3.30. The lowest BCUT2D eigenvalue weighted by Gasteiger charge is -2.30. The van der Waals surface area contributed by atoms with Gasteiger partial charge in [0.25, 0.3) is 0 Å². The molecule has 0 amide bonds. The molecule has 0 unspecified atom stereocenters. The van der Waals surface area contributed by atoms with Crippen LogP contribution in [0.2, 0.25) is 0 Å². The summed E-state index contributed by atoms with van der Waals surface area (Å²) < 4.78 is 5.57. The van der Waals surface area contributed by atoms with Gasteiger partial charge in [0.05, 0.1) is 12.7 Å². The molecule has 2 nitrogen and oxygen atoms in total. The highest BCUT2D eigenvalue weighted by Crippen LogP contribution is 2.12. The number of alkyl halides is 1. The number of hydrogen-bond acceptors (Lipinski definition) is 2. The fourth-order valence-electron chi connectivity index (χ4n) is 1.60. The Bertz CT molecular complexity index is 113. The molecule has 0 aromatic carbocycles. The molecule has 1 rings (SSSR count). The molecule has 1 heterocycles. The normalized spacial score (nSPS) is 21.5. The summed E-state index contributed by atoms with van der Waals surface area (Å²) in [7, 11) is 0. The van der Waals surface area contributed by atoms with E-state index in [-0.39, 0.29) is 0 Å². The SMILES string of the molecule is CCN1CCC(OCCCl)CC1. The highest BCUT2D eigenvalue weighted by atomic mass is 35.5. The molecule has 0 bridgehead atoms. The highest BCUT2D eigenvalue weighted by Gasteiger charge is 2.17. The number of hydrogen-bond donors (Lipinski definition) is 0. The van der Waals surface area contributed by atoms with E-state index < -0.39 is 0 Å². The van der Waals surface area contributed by atoms with Crippen molar-refractivity contribution in [2.24, 2.45) is 0 Å². The van der Waals surface area contributed by atoms with Gasteiger partial charge in [-0.1, -0.05) is 6.92 Å². The van der Waals surface area contributed by atoms with Crippen molar-refractivity contribution in [3.63, 3.8) is 0 Å². The summed E-state index contributed by atoms with van der Waals surface area (Å²) in [6, 6.07) is 0. The summed E-state index contributed by atoms with van der Waals surface area (Å²) in [4.78, 5) is 2.46. The Balaban J connectivity index is 2.09. The van der Waals surface area contributed by atoms with Crippen LogP contribution in [0, 0.1) is 0 Å². The summed E-state index contributed by atoms with van der Waals surface area (Å²) in [6.45, 7) is 6.45. The topological polar surface area (TPSA) is 12.5 Å². The largest absolute Gasteiger partial charge is 0.377 e. The summed E-state index contributed by atoms with van der Waals surface area (Å²) >= 11 is 5.54. The van der Waals surface area contributed by atoms with Gasteiger partial charge in [-0.25, -0.2) is 0 Å². The van der Waals surface area contributed by atoms with Crippen molar-refractivity contribution in [2.75, 3.05) is 32.1 Å². The van der Waals surface area contributed by atoms with E-state index in [1.807, 2.05) is 0 Å². The van der Waals surface area contributed by atoms with Crippen LogP contribution in [-0.4, -0.2) is 43.1 Å². The molecular weight excluding hydrogens is 174 g/mol. The van der Waals surface area contributed by atoms with Crippen molar-refractivity contribution in [3.05, 3.63) is 0 Å². The van der Waals surface area contributed by atoms with E-state index in [4.69, 9.17) is 16.3 Å². The lowest BCUT2D eigenvalue weighted by Crippen LogP contribution is -2.36. The van der Waals surface area contributed by atoms with Crippen LogP contribution in [0.5, 0.6) is 0 Å². The smallest absolute Gasteiger partial charge is 0.0605 e. The average Bonchev–Trinajstić information content (AvgIpc) is 2.15. The number of halogens is 1. The highest BCUT2D eigenvalue weighted by molar-refractivity contribution is 6.17. The molecule has 0 spiro atoms. The molecular formula is C9H18ClNO. The third-order valence-electron chi connectivity index (χ3n) is 2.41. The predicted molar refractivity (Wildman–Crippen MR) is 51.8 cm³/mol. The molecule has 1 aliphatic heterocycles. The van der Waals surface area contributed by atoms with Gasteiger partial charge in [0.15, 0.2) is 0 Å². The Kier molecular flexibility index (Phi) is 4.96. The molecule has 72 valence electrons. The van der Waals surface area contributed by atoms with Crippen molar-refractivity contribution < 1.29 is 4.74 Å². The van der Waals surface area contributed by atoms with Crippen LogP contribution in [0.25, 0.3) is 0 Å². The van der Waals surface area contributed by atoms with E-state index in [2.05, 4.69) is 11.8 Å². The number of piperidine rings is 1. The monoisotopic (exact) mass is 191 g/mol. The van der Waals surface area contributed by atoms with Crippen LogP contribution >= 0.6 is 11.6 Å². The predicted octanol–water partition coefficient (Wildman–Crippen LogP) is 1.73. The first-order valence-electron chi connectivity index (χ1n) is 4.76. The Hall–Kier alpha value is 0.210. The average molecular weight is 192 g/mol. The van der Waals surface area contributed by atoms with Gasteiger partial charge in [0.1, 0.15) is 0 Å². The fraction of sp³-hybridized carbons (Fsp3) is 1.00. The molecule has 1 aliphatic rings. The van der Waals surface area contributed by atoms with Crippen molar-refractivity contribution in [3.8, 4) is 0 Å².